The summed E-state index contributed by atoms with van der Waals surface area (Å²) in [6.07, 6.45) is 0.637. The van der Waals surface area contributed by atoms with Gasteiger partial charge in [-0.25, -0.2) is 8.78 Å². The van der Waals surface area contributed by atoms with Crippen LogP contribution in [0.5, 0.6) is 0 Å². The van der Waals surface area contributed by atoms with Gasteiger partial charge in [0.15, 0.2) is 11.6 Å². The van der Waals surface area contributed by atoms with Gasteiger partial charge in [0.1, 0.15) is 0 Å². The van der Waals surface area contributed by atoms with E-state index < -0.39 is 11.6 Å². The molecule has 0 aromatic heterocycles. The first-order chi connectivity index (χ1) is 13.8. The van der Waals surface area contributed by atoms with E-state index in [1.807, 2.05) is 0 Å². The smallest absolute Gasteiger partial charge is 0.231 e. The Morgan fingerprint density at radius 1 is 1.10 bits per heavy atom. The molecule has 2 aliphatic heterocycles. The van der Waals surface area contributed by atoms with Crippen LogP contribution in [0.2, 0.25) is 0 Å². The van der Waals surface area contributed by atoms with E-state index in [0.29, 0.717) is 18.6 Å². The molecule has 154 valence electrons. The van der Waals surface area contributed by atoms with Crippen LogP contribution in [0.3, 0.4) is 0 Å². The van der Waals surface area contributed by atoms with Gasteiger partial charge in [-0.05, 0) is 51.1 Å². The van der Waals surface area contributed by atoms with Crippen LogP contribution in [-0.4, -0.2) is 49.6 Å². The molecule has 2 heterocycles. The summed E-state index contributed by atoms with van der Waals surface area (Å²) in [5.74, 6) is -2.06. The first kappa shape index (κ1) is 19.8. The summed E-state index contributed by atoms with van der Waals surface area (Å²) < 4.78 is 27.5. The normalized spacial score (nSPS) is 22.1. The van der Waals surface area contributed by atoms with Crippen molar-refractivity contribution in [1.29, 1.82) is 0 Å². The molecule has 0 spiro atoms. The Kier molecular flexibility index (Phi) is 5.30. The van der Waals surface area contributed by atoms with Gasteiger partial charge in [-0.1, -0.05) is 18.2 Å². The van der Waals surface area contributed by atoms with E-state index in [9.17, 15) is 13.6 Å². The fourth-order valence-corrected chi connectivity index (χ4v) is 4.38. The van der Waals surface area contributed by atoms with Crippen LogP contribution in [0.25, 0.3) is 0 Å². The SMILES string of the molecule is C[C@@H]1CN(c2ccc3c(c2)N(C(=O)Cc2cccc(F)c2F)CC3)C[C@H](C)N1C. The second-order valence-electron chi connectivity index (χ2n) is 8.27. The number of halogens is 2. The largest absolute Gasteiger partial charge is 0.368 e. The average Bonchev–Trinajstić information content (AvgIpc) is 3.12. The number of benzene rings is 2. The Labute approximate surface area is 170 Å². The van der Waals surface area contributed by atoms with E-state index in [2.05, 4.69) is 48.9 Å². The molecule has 2 aromatic rings. The van der Waals surface area contributed by atoms with Crippen molar-refractivity contribution in [2.45, 2.75) is 38.8 Å². The second-order valence-corrected chi connectivity index (χ2v) is 8.27. The molecule has 0 saturated carbocycles. The topological polar surface area (TPSA) is 26.8 Å². The number of carbonyl (C=O) groups excluding carboxylic acids is 1. The lowest BCUT2D eigenvalue weighted by atomic mass is 10.1. The van der Waals surface area contributed by atoms with Crippen LogP contribution in [0.1, 0.15) is 25.0 Å². The van der Waals surface area contributed by atoms with Crippen molar-refractivity contribution in [3.8, 4) is 0 Å². The summed E-state index contributed by atoms with van der Waals surface area (Å²) in [7, 11) is 2.15. The van der Waals surface area contributed by atoms with Gasteiger partial charge in [0, 0.05) is 48.7 Å². The molecule has 1 fully saturated rings. The van der Waals surface area contributed by atoms with Crippen LogP contribution in [-0.2, 0) is 17.6 Å². The Morgan fingerprint density at radius 2 is 1.83 bits per heavy atom. The highest BCUT2D eigenvalue weighted by Crippen LogP contribution is 2.34. The molecule has 4 rings (SSSR count). The molecule has 6 heteroatoms. The van der Waals surface area contributed by atoms with E-state index in [1.54, 1.807) is 4.90 Å². The maximum atomic E-state index is 14.0. The van der Waals surface area contributed by atoms with Gasteiger partial charge in [-0.15, -0.1) is 0 Å². The van der Waals surface area contributed by atoms with Crippen molar-refractivity contribution in [3.63, 3.8) is 0 Å². The molecule has 2 aliphatic rings. The van der Waals surface area contributed by atoms with Crippen LogP contribution < -0.4 is 9.80 Å². The zero-order valence-electron chi connectivity index (χ0n) is 17.2. The van der Waals surface area contributed by atoms with E-state index >= 15 is 0 Å². The predicted octanol–water partition coefficient (Wildman–Crippen LogP) is 3.63. The summed E-state index contributed by atoms with van der Waals surface area (Å²) in [5.41, 5.74) is 3.22. The van der Waals surface area contributed by atoms with Gasteiger partial charge < -0.3 is 9.80 Å². The monoisotopic (exact) mass is 399 g/mol. The molecule has 0 bridgehead atoms. The number of fused-ring (bicyclic) bond motifs is 1. The first-order valence-electron chi connectivity index (χ1n) is 10.2. The van der Waals surface area contributed by atoms with Gasteiger partial charge in [-0.3, -0.25) is 9.69 Å². The third kappa shape index (κ3) is 3.73. The number of amides is 1. The summed E-state index contributed by atoms with van der Waals surface area (Å²) in [5, 5.41) is 0. The summed E-state index contributed by atoms with van der Waals surface area (Å²) in [6, 6.07) is 11.2. The second kappa shape index (κ2) is 7.75. The minimum atomic E-state index is -0.936. The number of likely N-dealkylation sites (N-methyl/N-ethyl adjacent to an activating group) is 1. The lowest BCUT2D eigenvalue weighted by molar-refractivity contribution is -0.117. The first-order valence-corrected chi connectivity index (χ1v) is 10.2. The number of hydrogen-bond donors (Lipinski definition) is 0. The van der Waals surface area contributed by atoms with Gasteiger partial charge >= 0.3 is 0 Å². The van der Waals surface area contributed by atoms with Crippen molar-refractivity contribution in [3.05, 3.63) is 59.2 Å². The molecular weight excluding hydrogens is 372 g/mol. The number of anilines is 2. The molecule has 2 aromatic carbocycles. The highest BCUT2D eigenvalue weighted by molar-refractivity contribution is 5.97. The number of piperazine rings is 1. The van der Waals surface area contributed by atoms with Crippen molar-refractivity contribution >= 4 is 17.3 Å². The highest BCUT2D eigenvalue weighted by atomic mass is 19.2. The molecule has 2 atom stereocenters. The minimum Gasteiger partial charge on any atom is -0.368 e. The van der Waals surface area contributed by atoms with Gasteiger partial charge in [0.25, 0.3) is 0 Å². The Balaban J connectivity index is 1.56. The number of nitrogens with zero attached hydrogens (tertiary/aromatic N) is 3. The molecule has 0 N–H and O–H groups in total. The summed E-state index contributed by atoms with van der Waals surface area (Å²) >= 11 is 0. The van der Waals surface area contributed by atoms with E-state index in [1.165, 1.54) is 12.1 Å². The number of hydrogen-bond acceptors (Lipinski definition) is 3. The maximum absolute atomic E-state index is 14.0. The maximum Gasteiger partial charge on any atom is 0.231 e. The average molecular weight is 399 g/mol. The van der Waals surface area contributed by atoms with Gasteiger partial charge in [0.2, 0.25) is 5.91 Å². The molecule has 29 heavy (non-hydrogen) atoms. The van der Waals surface area contributed by atoms with Gasteiger partial charge in [-0.2, -0.15) is 0 Å². The predicted molar refractivity (Wildman–Crippen MR) is 111 cm³/mol. The molecular formula is C23H27F2N3O. The number of carbonyl (C=O) groups is 1. The quantitative estimate of drug-likeness (QED) is 0.789. The lowest BCUT2D eigenvalue weighted by Gasteiger charge is -2.43. The van der Waals surface area contributed by atoms with E-state index in [4.69, 9.17) is 0 Å². The summed E-state index contributed by atoms with van der Waals surface area (Å²) in [4.78, 5) is 19.4. The van der Waals surface area contributed by atoms with Crippen molar-refractivity contribution in [2.75, 3.05) is 36.5 Å². The number of rotatable bonds is 3. The fraction of sp³-hybridized carbons (Fsp3) is 0.435. The third-order valence-electron chi connectivity index (χ3n) is 6.36. The van der Waals surface area contributed by atoms with E-state index in [0.717, 1.165) is 42.5 Å². The van der Waals surface area contributed by atoms with Crippen LogP contribution in [0.4, 0.5) is 20.2 Å². The molecule has 1 saturated heterocycles. The standard InChI is InChI=1S/C23H27F2N3O/c1-15-13-27(14-16(2)26(15)3)19-8-7-17-9-10-28(21(17)12-19)22(29)11-18-5-4-6-20(24)23(18)25/h4-8,12,15-16H,9-11,13-14H2,1-3H3/t15-,16+. The molecule has 4 nitrogen and oxygen atoms in total. The molecule has 1 amide bonds. The highest BCUT2D eigenvalue weighted by Gasteiger charge is 2.29. The fourth-order valence-electron chi connectivity index (χ4n) is 4.38. The van der Waals surface area contributed by atoms with Crippen molar-refractivity contribution < 1.29 is 13.6 Å². The zero-order chi connectivity index (χ0) is 20.7. The Hall–Kier alpha value is -2.47. The summed E-state index contributed by atoms with van der Waals surface area (Å²) in [6.45, 7) is 6.88. The van der Waals surface area contributed by atoms with Crippen LogP contribution >= 0.6 is 0 Å². The molecule has 0 unspecified atom stereocenters. The van der Waals surface area contributed by atoms with Gasteiger partial charge in [0.05, 0.1) is 6.42 Å². The lowest BCUT2D eigenvalue weighted by Crippen LogP contribution is -2.55. The van der Waals surface area contributed by atoms with Crippen molar-refractivity contribution in [1.82, 2.24) is 4.90 Å². The van der Waals surface area contributed by atoms with E-state index in [-0.39, 0.29) is 17.9 Å². The van der Waals surface area contributed by atoms with Crippen LogP contribution in [0, 0.1) is 11.6 Å². The Morgan fingerprint density at radius 3 is 2.55 bits per heavy atom. The molecule has 0 radical (unpaired) electrons. The zero-order valence-corrected chi connectivity index (χ0v) is 17.2. The van der Waals surface area contributed by atoms with Crippen molar-refractivity contribution in [2.24, 2.45) is 0 Å². The minimum absolute atomic E-state index is 0.0984. The third-order valence-corrected chi connectivity index (χ3v) is 6.36. The molecule has 0 aliphatic carbocycles. The van der Waals surface area contributed by atoms with Crippen LogP contribution in [0.15, 0.2) is 36.4 Å². The Bertz CT molecular complexity index is 920.